The van der Waals surface area contributed by atoms with E-state index in [0.29, 0.717) is 6.42 Å². The Morgan fingerprint density at radius 1 is 1.14 bits per heavy atom. The summed E-state index contributed by atoms with van der Waals surface area (Å²) in [6.45, 7) is 4.29. The molecule has 1 atom stereocenters. The predicted molar refractivity (Wildman–Crippen MR) is 112 cm³/mol. The van der Waals surface area contributed by atoms with E-state index in [1.54, 1.807) is 6.07 Å². The lowest BCUT2D eigenvalue weighted by molar-refractivity contribution is -0.115. The summed E-state index contributed by atoms with van der Waals surface area (Å²) in [6, 6.07) is 11.3. The number of nitrogens with one attached hydrogen (secondary N) is 1. The number of hydrogen-bond acceptors (Lipinski definition) is 5. The van der Waals surface area contributed by atoms with E-state index in [4.69, 9.17) is 0 Å². The molecule has 150 valence electrons. The quantitative estimate of drug-likeness (QED) is 0.802. The van der Waals surface area contributed by atoms with E-state index in [2.05, 4.69) is 19.5 Å². The number of nitrogens with zero attached hydrogens (tertiary/aromatic N) is 3. The Morgan fingerprint density at radius 3 is 2.76 bits per heavy atom. The van der Waals surface area contributed by atoms with Crippen molar-refractivity contribution in [3.8, 4) is 5.75 Å². The molecular weight excluding hydrogens is 388 g/mol. The molecule has 5 rings (SSSR count). The standard InChI is InChI=1S/C21H22N4O3S/c26-18-13-17-15(12-20(27)22-17)11-14(18)5-6-24-7-9-25(10-8-24)21-16-3-1-2-4-19(16)29(28)23-21/h1-4,11,13,26H,5-10,12H2,(H,22,27). The molecule has 1 unspecified atom stereocenters. The van der Waals surface area contributed by atoms with Crippen molar-refractivity contribution >= 4 is 28.4 Å². The molecule has 0 aromatic heterocycles. The van der Waals surface area contributed by atoms with Crippen molar-refractivity contribution in [2.24, 2.45) is 4.40 Å². The molecule has 2 aromatic rings. The fourth-order valence-electron chi connectivity index (χ4n) is 4.18. The molecule has 3 heterocycles. The lowest BCUT2D eigenvalue weighted by atomic mass is 10.0. The highest BCUT2D eigenvalue weighted by Crippen LogP contribution is 2.31. The third-order valence-electron chi connectivity index (χ3n) is 5.78. The maximum Gasteiger partial charge on any atom is 0.228 e. The minimum Gasteiger partial charge on any atom is -0.508 e. The minimum absolute atomic E-state index is 0.0231. The number of aromatic hydroxyl groups is 1. The van der Waals surface area contributed by atoms with Gasteiger partial charge in [0.15, 0.2) is 11.0 Å². The zero-order valence-electron chi connectivity index (χ0n) is 15.9. The van der Waals surface area contributed by atoms with Gasteiger partial charge in [-0.05, 0) is 35.7 Å². The number of amidine groups is 1. The van der Waals surface area contributed by atoms with Crippen molar-refractivity contribution in [2.45, 2.75) is 17.7 Å². The number of phenols is 1. The summed E-state index contributed by atoms with van der Waals surface area (Å²) in [5.41, 5.74) is 3.54. The van der Waals surface area contributed by atoms with E-state index in [1.165, 1.54) is 0 Å². The molecule has 29 heavy (non-hydrogen) atoms. The number of anilines is 1. The number of phenolic OH excluding ortho intramolecular Hbond substituents is 1. The number of fused-ring (bicyclic) bond motifs is 2. The molecule has 1 saturated heterocycles. The van der Waals surface area contributed by atoms with Crippen molar-refractivity contribution in [2.75, 3.05) is 38.0 Å². The second kappa shape index (κ2) is 7.27. The van der Waals surface area contributed by atoms with Crippen LogP contribution in [-0.2, 0) is 28.6 Å². The lowest BCUT2D eigenvalue weighted by Crippen LogP contribution is -2.49. The van der Waals surface area contributed by atoms with Crippen LogP contribution in [0, 0.1) is 0 Å². The Bertz CT molecular complexity index is 1040. The second-order valence-electron chi connectivity index (χ2n) is 7.60. The number of amides is 1. The summed E-state index contributed by atoms with van der Waals surface area (Å²) in [5.74, 6) is 1.06. The van der Waals surface area contributed by atoms with Crippen molar-refractivity contribution in [3.05, 3.63) is 53.1 Å². The molecule has 3 aliphatic rings. The van der Waals surface area contributed by atoms with Gasteiger partial charge in [-0.2, -0.15) is 4.40 Å². The van der Waals surface area contributed by atoms with Crippen LogP contribution in [0.3, 0.4) is 0 Å². The lowest BCUT2D eigenvalue weighted by Gasteiger charge is -2.35. The van der Waals surface area contributed by atoms with Crippen molar-refractivity contribution in [1.29, 1.82) is 0 Å². The minimum atomic E-state index is -1.30. The van der Waals surface area contributed by atoms with E-state index in [-0.39, 0.29) is 11.7 Å². The van der Waals surface area contributed by atoms with E-state index < -0.39 is 11.0 Å². The number of hydrogen-bond donors (Lipinski definition) is 2. The molecule has 0 radical (unpaired) electrons. The SMILES string of the molecule is O=C1Cc2cc(CCN3CCN(C4=NS(=O)c5ccccc54)CC3)c(O)cc2N1. The molecule has 0 aliphatic carbocycles. The molecule has 7 nitrogen and oxygen atoms in total. The molecule has 1 amide bonds. The highest BCUT2D eigenvalue weighted by molar-refractivity contribution is 7.84. The maximum absolute atomic E-state index is 12.2. The van der Waals surface area contributed by atoms with Crippen LogP contribution in [0.5, 0.6) is 5.75 Å². The van der Waals surface area contributed by atoms with E-state index in [0.717, 1.165) is 72.3 Å². The monoisotopic (exact) mass is 410 g/mol. The van der Waals surface area contributed by atoms with Gasteiger partial charge in [0.2, 0.25) is 5.91 Å². The van der Waals surface area contributed by atoms with Gasteiger partial charge in [0.1, 0.15) is 11.6 Å². The Labute approximate surface area is 171 Å². The predicted octanol–water partition coefficient (Wildman–Crippen LogP) is 1.53. The molecule has 0 spiro atoms. The van der Waals surface area contributed by atoms with Crippen LogP contribution in [-0.4, -0.2) is 63.6 Å². The summed E-state index contributed by atoms with van der Waals surface area (Å²) in [6.07, 6.45) is 1.12. The van der Waals surface area contributed by atoms with Gasteiger partial charge in [0.05, 0.1) is 11.3 Å². The summed E-state index contributed by atoms with van der Waals surface area (Å²) in [4.78, 5) is 16.9. The van der Waals surface area contributed by atoms with Crippen molar-refractivity contribution in [3.63, 3.8) is 0 Å². The number of piperazine rings is 1. The first kappa shape index (κ1) is 18.3. The molecule has 3 aliphatic heterocycles. The Balaban J connectivity index is 1.20. The summed E-state index contributed by atoms with van der Waals surface area (Å²) >= 11 is 0. The van der Waals surface area contributed by atoms with Crippen LogP contribution in [0.25, 0.3) is 0 Å². The topological polar surface area (TPSA) is 85.2 Å². The Hall–Kier alpha value is -2.71. The third kappa shape index (κ3) is 3.42. The fraction of sp³-hybridized carbons (Fsp3) is 0.333. The van der Waals surface area contributed by atoms with Gasteiger partial charge < -0.3 is 15.3 Å². The molecule has 2 aromatic carbocycles. The normalized spacial score (nSPS) is 21.0. The smallest absolute Gasteiger partial charge is 0.228 e. The third-order valence-corrected chi connectivity index (χ3v) is 6.86. The van der Waals surface area contributed by atoms with E-state index >= 15 is 0 Å². The number of carbonyl (C=O) groups excluding carboxylic acids is 1. The number of benzene rings is 2. The average molecular weight is 410 g/mol. The maximum atomic E-state index is 12.2. The zero-order chi connectivity index (χ0) is 20.0. The van der Waals surface area contributed by atoms with Crippen LogP contribution in [0.15, 0.2) is 45.7 Å². The van der Waals surface area contributed by atoms with Crippen LogP contribution in [0.4, 0.5) is 5.69 Å². The van der Waals surface area contributed by atoms with Gasteiger partial charge in [-0.25, -0.2) is 4.21 Å². The highest BCUT2D eigenvalue weighted by Gasteiger charge is 2.28. The number of rotatable bonds is 3. The molecule has 0 saturated carbocycles. The van der Waals surface area contributed by atoms with Crippen LogP contribution in [0.2, 0.25) is 0 Å². The molecule has 8 heteroatoms. The van der Waals surface area contributed by atoms with Gasteiger partial charge in [-0.1, -0.05) is 12.1 Å². The molecule has 0 bridgehead atoms. The second-order valence-corrected chi connectivity index (χ2v) is 8.72. The summed E-state index contributed by atoms with van der Waals surface area (Å²) in [5, 5.41) is 13.0. The van der Waals surface area contributed by atoms with Crippen molar-refractivity contribution in [1.82, 2.24) is 9.80 Å². The Kier molecular flexibility index (Phi) is 4.60. The first-order chi connectivity index (χ1) is 14.1. The van der Waals surface area contributed by atoms with Crippen molar-refractivity contribution < 1.29 is 14.1 Å². The van der Waals surface area contributed by atoms with Gasteiger partial charge in [0.25, 0.3) is 0 Å². The van der Waals surface area contributed by atoms with Crippen LogP contribution >= 0.6 is 0 Å². The number of carbonyl (C=O) groups is 1. The first-order valence-electron chi connectivity index (χ1n) is 9.80. The highest BCUT2D eigenvalue weighted by atomic mass is 32.2. The molecule has 1 fully saturated rings. The van der Waals surface area contributed by atoms with E-state index in [1.807, 2.05) is 30.3 Å². The van der Waals surface area contributed by atoms with Gasteiger partial charge in [-0.3, -0.25) is 9.69 Å². The Morgan fingerprint density at radius 2 is 1.93 bits per heavy atom. The van der Waals surface area contributed by atoms with Crippen LogP contribution in [0.1, 0.15) is 16.7 Å². The first-order valence-corrected chi connectivity index (χ1v) is 10.9. The van der Waals surface area contributed by atoms with E-state index in [9.17, 15) is 14.1 Å². The van der Waals surface area contributed by atoms with Gasteiger partial charge in [0, 0.05) is 50.0 Å². The van der Waals surface area contributed by atoms with Gasteiger partial charge >= 0.3 is 0 Å². The molecular formula is C21H22N4O3S. The fourth-order valence-corrected chi connectivity index (χ4v) is 5.20. The largest absolute Gasteiger partial charge is 0.508 e. The summed E-state index contributed by atoms with van der Waals surface area (Å²) < 4.78 is 16.6. The van der Waals surface area contributed by atoms with Gasteiger partial charge in [-0.15, -0.1) is 0 Å². The van der Waals surface area contributed by atoms with Crippen LogP contribution < -0.4 is 5.32 Å². The summed E-state index contributed by atoms with van der Waals surface area (Å²) in [7, 11) is -1.30. The average Bonchev–Trinajstić information content (AvgIpc) is 3.25. The molecule has 2 N–H and O–H groups in total. The zero-order valence-corrected chi connectivity index (χ0v) is 16.7.